The second-order valence-corrected chi connectivity index (χ2v) is 4.72. The van der Waals surface area contributed by atoms with Crippen LogP contribution in [0.5, 0.6) is 5.75 Å². The Labute approximate surface area is 121 Å². The molecule has 20 heavy (non-hydrogen) atoms. The summed E-state index contributed by atoms with van der Waals surface area (Å²) in [6, 6.07) is 18.2. The van der Waals surface area contributed by atoms with Gasteiger partial charge >= 0.3 is 0 Å². The number of likely N-dealkylation sites (N-methyl/N-ethyl adjacent to an activating group) is 1. The van der Waals surface area contributed by atoms with Crippen molar-refractivity contribution in [1.29, 1.82) is 0 Å². The predicted molar refractivity (Wildman–Crippen MR) is 84.3 cm³/mol. The van der Waals surface area contributed by atoms with Crippen LogP contribution in [0.15, 0.2) is 54.6 Å². The molecule has 2 rings (SSSR count). The summed E-state index contributed by atoms with van der Waals surface area (Å²) in [5.74, 6) is 0.851. The van der Waals surface area contributed by atoms with Crippen LogP contribution in [0.25, 0.3) is 0 Å². The highest BCUT2D eigenvalue weighted by Crippen LogP contribution is 2.25. The minimum Gasteiger partial charge on any atom is -0.496 e. The Hall–Kier alpha value is -2.00. The second kappa shape index (κ2) is 6.96. The van der Waals surface area contributed by atoms with E-state index < -0.39 is 0 Å². The molecule has 0 fully saturated rings. The molecule has 0 aromatic heterocycles. The van der Waals surface area contributed by atoms with Crippen LogP contribution in [0.2, 0.25) is 0 Å². The molecule has 0 heterocycles. The van der Waals surface area contributed by atoms with Crippen molar-refractivity contribution in [2.75, 3.05) is 25.1 Å². The van der Waals surface area contributed by atoms with Crippen LogP contribution < -0.4 is 15.4 Å². The molecule has 106 valence electrons. The van der Waals surface area contributed by atoms with E-state index in [1.54, 1.807) is 7.11 Å². The number of nitrogens with zero attached hydrogens (tertiary/aromatic N) is 1. The Morgan fingerprint density at radius 2 is 1.70 bits per heavy atom. The summed E-state index contributed by atoms with van der Waals surface area (Å²) >= 11 is 0. The van der Waals surface area contributed by atoms with E-state index in [2.05, 4.69) is 24.0 Å². The minimum atomic E-state index is -0.0775. The van der Waals surface area contributed by atoms with Crippen molar-refractivity contribution in [3.8, 4) is 5.75 Å². The average molecular weight is 270 g/mol. The Kier molecular flexibility index (Phi) is 5.02. The van der Waals surface area contributed by atoms with Crippen molar-refractivity contribution < 1.29 is 4.74 Å². The smallest absolute Gasteiger partial charge is 0.123 e. The maximum Gasteiger partial charge on any atom is 0.123 e. The zero-order chi connectivity index (χ0) is 14.4. The second-order valence-electron chi connectivity index (χ2n) is 4.72. The number of ether oxygens (including phenoxy) is 1. The Morgan fingerprint density at radius 3 is 2.35 bits per heavy atom. The number of hydrogen-bond donors (Lipinski definition) is 1. The number of methoxy groups -OCH3 is 1. The molecule has 1 unspecified atom stereocenters. The molecule has 0 spiro atoms. The van der Waals surface area contributed by atoms with Gasteiger partial charge in [-0.2, -0.15) is 0 Å². The van der Waals surface area contributed by atoms with E-state index in [1.165, 1.54) is 5.69 Å². The third-order valence-corrected chi connectivity index (χ3v) is 3.46. The van der Waals surface area contributed by atoms with Crippen molar-refractivity contribution in [2.45, 2.75) is 13.0 Å². The first-order valence-electron chi connectivity index (χ1n) is 6.94. The van der Waals surface area contributed by atoms with Crippen molar-refractivity contribution in [3.05, 3.63) is 60.2 Å². The van der Waals surface area contributed by atoms with Crippen LogP contribution in [-0.2, 0) is 0 Å². The van der Waals surface area contributed by atoms with Crippen molar-refractivity contribution in [2.24, 2.45) is 5.73 Å². The van der Waals surface area contributed by atoms with E-state index in [1.807, 2.05) is 42.5 Å². The number of para-hydroxylation sites is 2. The van der Waals surface area contributed by atoms with E-state index in [-0.39, 0.29) is 6.04 Å². The van der Waals surface area contributed by atoms with Gasteiger partial charge in [-0.3, -0.25) is 0 Å². The van der Waals surface area contributed by atoms with Gasteiger partial charge in [-0.15, -0.1) is 0 Å². The quantitative estimate of drug-likeness (QED) is 0.876. The summed E-state index contributed by atoms with van der Waals surface area (Å²) in [4.78, 5) is 2.27. The van der Waals surface area contributed by atoms with Crippen LogP contribution in [0, 0.1) is 0 Å². The fourth-order valence-corrected chi connectivity index (χ4v) is 2.36. The van der Waals surface area contributed by atoms with Crippen molar-refractivity contribution in [3.63, 3.8) is 0 Å². The lowest BCUT2D eigenvalue weighted by Gasteiger charge is -2.27. The molecule has 1 atom stereocenters. The Bertz CT molecular complexity index is 528. The number of rotatable bonds is 6. The number of hydrogen-bond acceptors (Lipinski definition) is 3. The van der Waals surface area contributed by atoms with Crippen molar-refractivity contribution in [1.82, 2.24) is 0 Å². The molecule has 3 heteroatoms. The summed E-state index contributed by atoms with van der Waals surface area (Å²) in [5.41, 5.74) is 8.60. The maximum absolute atomic E-state index is 6.36. The molecule has 0 saturated heterocycles. The van der Waals surface area contributed by atoms with Crippen LogP contribution in [-0.4, -0.2) is 20.2 Å². The highest BCUT2D eigenvalue weighted by molar-refractivity contribution is 5.47. The molecule has 0 saturated carbocycles. The first-order chi connectivity index (χ1) is 9.76. The molecule has 0 radical (unpaired) electrons. The molecule has 2 N–H and O–H groups in total. The van der Waals surface area contributed by atoms with Gasteiger partial charge in [-0.05, 0) is 25.1 Å². The van der Waals surface area contributed by atoms with E-state index in [4.69, 9.17) is 10.5 Å². The highest BCUT2D eigenvalue weighted by Gasteiger charge is 2.15. The van der Waals surface area contributed by atoms with Gasteiger partial charge in [0.1, 0.15) is 5.75 Å². The summed E-state index contributed by atoms with van der Waals surface area (Å²) < 4.78 is 5.39. The zero-order valence-electron chi connectivity index (χ0n) is 12.1. The third kappa shape index (κ3) is 3.31. The van der Waals surface area contributed by atoms with Gasteiger partial charge in [0, 0.05) is 24.3 Å². The fourth-order valence-electron chi connectivity index (χ4n) is 2.36. The van der Waals surface area contributed by atoms with Crippen molar-refractivity contribution >= 4 is 5.69 Å². The highest BCUT2D eigenvalue weighted by atomic mass is 16.5. The average Bonchev–Trinajstić information content (AvgIpc) is 2.53. The molecule has 0 aliphatic rings. The molecule has 3 nitrogen and oxygen atoms in total. The van der Waals surface area contributed by atoms with E-state index in [0.717, 1.165) is 24.4 Å². The van der Waals surface area contributed by atoms with Gasteiger partial charge in [-0.25, -0.2) is 0 Å². The molecular formula is C17H22N2O. The topological polar surface area (TPSA) is 38.5 Å². The lowest BCUT2D eigenvalue weighted by atomic mass is 10.1. The first kappa shape index (κ1) is 14.4. The van der Waals surface area contributed by atoms with Crippen LogP contribution in [0.1, 0.15) is 18.5 Å². The van der Waals surface area contributed by atoms with Crippen LogP contribution >= 0.6 is 0 Å². The minimum absolute atomic E-state index is 0.0775. The number of benzene rings is 2. The van der Waals surface area contributed by atoms with Gasteiger partial charge in [0.05, 0.1) is 13.2 Å². The molecule has 0 bridgehead atoms. The van der Waals surface area contributed by atoms with Gasteiger partial charge in [-0.1, -0.05) is 36.4 Å². The Balaban J connectivity index is 2.15. The lowest BCUT2D eigenvalue weighted by Crippen LogP contribution is -2.32. The molecule has 0 aliphatic heterocycles. The third-order valence-electron chi connectivity index (χ3n) is 3.46. The lowest BCUT2D eigenvalue weighted by molar-refractivity contribution is 0.405. The van der Waals surface area contributed by atoms with Crippen LogP contribution in [0.4, 0.5) is 5.69 Å². The SMILES string of the molecule is CCN(CC(N)c1ccccc1OC)c1ccccc1. The van der Waals surface area contributed by atoms with E-state index >= 15 is 0 Å². The van der Waals surface area contributed by atoms with Gasteiger partial charge in [0.2, 0.25) is 0 Å². The zero-order valence-corrected chi connectivity index (χ0v) is 12.1. The summed E-state index contributed by atoms with van der Waals surface area (Å²) in [5, 5.41) is 0. The molecule has 0 amide bonds. The first-order valence-corrected chi connectivity index (χ1v) is 6.94. The normalized spacial score (nSPS) is 11.9. The molecule has 2 aromatic carbocycles. The van der Waals surface area contributed by atoms with E-state index in [0.29, 0.717) is 0 Å². The summed E-state index contributed by atoms with van der Waals surface area (Å²) in [6.07, 6.45) is 0. The summed E-state index contributed by atoms with van der Waals surface area (Å²) in [6.45, 7) is 3.83. The monoisotopic (exact) mass is 270 g/mol. The van der Waals surface area contributed by atoms with Gasteiger partial charge in [0.15, 0.2) is 0 Å². The maximum atomic E-state index is 6.36. The standard InChI is InChI=1S/C17H22N2O/c1-3-19(14-9-5-4-6-10-14)13-16(18)15-11-7-8-12-17(15)20-2/h4-12,16H,3,13,18H2,1-2H3. The molecular weight excluding hydrogens is 248 g/mol. The number of nitrogens with two attached hydrogens (primary N) is 1. The van der Waals surface area contributed by atoms with Gasteiger partial charge < -0.3 is 15.4 Å². The fraction of sp³-hybridized carbons (Fsp3) is 0.294. The van der Waals surface area contributed by atoms with E-state index in [9.17, 15) is 0 Å². The molecule has 0 aliphatic carbocycles. The Morgan fingerprint density at radius 1 is 1.05 bits per heavy atom. The summed E-state index contributed by atoms with van der Waals surface area (Å²) in [7, 11) is 1.68. The van der Waals surface area contributed by atoms with Gasteiger partial charge in [0.25, 0.3) is 0 Å². The largest absolute Gasteiger partial charge is 0.496 e. The molecule has 2 aromatic rings. The number of anilines is 1. The van der Waals surface area contributed by atoms with Crippen LogP contribution in [0.3, 0.4) is 0 Å². The predicted octanol–water partition coefficient (Wildman–Crippen LogP) is 3.22.